The van der Waals surface area contributed by atoms with Crippen LogP contribution in [0.4, 0.5) is 0 Å². The molecule has 0 saturated heterocycles. The first kappa shape index (κ1) is 17.8. The summed E-state index contributed by atoms with van der Waals surface area (Å²) in [6.07, 6.45) is 6.59. The third-order valence-corrected chi connectivity index (χ3v) is 5.27. The molecular formula is C21H26N4O2. The summed E-state index contributed by atoms with van der Waals surface area (Å²) in [5.41, 5.74) is 2.00. The van der Waals surface area contributed by atoms with E-state index in [1.54, 1.807) is 0 Å². The van der Waals surface area contributed by atoms with Crippen LogP contribution >= 0.6 is 0 Å². The molecule has 2 aromatic rings. The predicted octanol–water partition coefficient (Wildman–Crippen LogP) is 2.39. The van der Waals surface area contributed by atoms with Crippen LogP contribution in [0.15, 0.2) is 36.5 Å². The van der Waals surface area contributed by atoms with Gasteiger partial charge in [-0.05, 0) is 37.2 Å². The summed E-state index contributed by atoms with van der Waals surface area (Å²) in [6, 6.07) is 10.2. The number of nitrogens with one attached hydrogen (secondary N) is 1. The van der Waals surface area contributed by atoms with Gasteiger partial charge in [-0.2, -0.15) is 0 Å². The van der Waals surface area contributed by atoms with Crippen molar-refractivity contribution in [2.45, 2.75) is 45.2 Å². The Morgan fingerprint density at radius 2 is 2.00 bits per heavy atom. The molecule has 6 nitrogen and oxygen atoms in total. The van der Waals surface area contributed by atoms with Gasteiger partial charge in [0.15, 0.2) is 5.82 Å². The number of aromatic nitrogens is 2. The number of carbonyl (C=O) groups excluding carboxylic acids is 2. The summed E-state index contributed by atoms with van der Waals surface area (Å²) in [4.78, 5) is 31.0. The maximum absolute atomic E-state index is 12.6. The lowest BCUT2D eigenvalue weighted by Crippen LogP contribution is -2.41. The van der Waals surface area contributed by atoms with Crippen molar-refractivity contribution in [1.82, 2.24) is 19.8 Å². The van der Waals surface area contributed by atoms with Crippen LogP contribution in [-0.4, -0.2) is 39.4 Å². The van der Waals surface area contributed by atoms with Gasteiger partial charge in [0.1, 0.15) is 0 Å². The predicted molar refractivity (Wildman–Crippen MR) is 102 cm³/mol. The second-order valence-electron chi connectivity index (χ2n) is 7.56. The van der Waals surface area contributed by atoms with Gasteiger partial charge in [0.2, 0.25) is 5.91 Å². The number of hydrogen-bond acceptors (Lipinski definition) is 3. The number of nitrogens with zero attached hydrogens (tertiary/aromatic N) is 3. The summed E-state index contributed by atoms with van der Waals surface area (Å²) in [7, 11) is 0. The third-order valence-electron chi connectivity index (χ3n) is 5.27. The molecule has 6 heteroatoms. The number of hydrogen-bond donors (Lipinski definition) is 1. The van der Waals surface area contributed by atoms with Crippen molar-refractivity contribution in [3.63, 3.8) is 0 Å². The van der Waals surface area contributed by atoms with Gasteiger partial charge in [-0.3, -0.25) is 9.59 Å². The van der Waals surface area contributed by atoms with E-state index < -0.39 is 0 Å². The van der Waals surface area contributed by atoms with Gasteiger partial charge < -0.3 is 14.8 Å². The molecule has 0 radical (unpaired) electrons. The Bertz CT molecular complexity index is 811. The van der Waals surface area contributed by atoms with E-state index >= 15 is 0 Å². The monoisotopic (exact) mass is 366 g/mol. The van der Waals surface area contributed by atoms with E-state index in [-0.39, 0.29) is 11.8 Å². The molecule has 2 amide bonds. The van der Waals surface area contributed by atoms with E-state index in [0.717, 1.165) is 38.2 Å². The number of imidazole rings is 1. The lowest BCUT2D eigenvalue weighted by atomic mass is 10.1. The Morgan fingerprint density at radius 1 is 1.19 bits per heavy atom. The lowest BCUT2D eigenvalue weighted by Gasteiger charge is -2.27. The van der Waals surface area contributed by atoms with Crippen LogP contribution in [0.3, 0.4) is 0 Å². The van der Waals surface area contributed by atoms with Gasteiger partial charge >= 0.3 is 0 Å². The lowest BCUT2D eigenvalue weighted by molar-refractivity contribution is -0.121. The van der Waals surface area contributed by atoms with E-state index in [2.05, 4.69) is 22.4 Å². The van der Waals surface area contributed by atoms with Crippen molar-refractivity contribution in [3.05, 3.63) is 53.6 Å². The van der Waals surface area contributed by atoms with Crippen LogP contribution in [0.2, 0.25) is 0 Å². The van der Waals surface area contributed by atoms with E-state index in [9.17, 15) is 9.59 Å². The number of fused-ring (bicyclic) bond motifs is 1. The quantitative estimate of drug-likeness (QED) is 0.780. The molecule has 1 aromatic carbocycles. The van der Waals surface area contributed by atoms with Crippen LogP contribution in [0.1, 0.15) is 47.6 Å². The first-order valence-electron chi connectivity index (χ1n) is 9.85. The number of benzene rings is 1. The van der Waals surface area contributed by atoms with E-state index in [1.165, 1.54) is 18.4 Å². The minimum Gasteiger partial charge on any atom is -0.350 e. The zero-order valence-electron chi connectivity index (χ0n) is 15.6. The summed E-state index contributed by atoms with van der Waals surface area (Å²) in [5.74, 6) is 1.24. The SMILES string of the molecule is O=C(CCCc1ccccc1)NCc1cn2c(n1)C(=O)N(CC1CC1)CC2. The van der Waals surface area contributed by atoms with Crippen LogP contribution in [0, 0.1) is 5.92 Å². The van der Waals surface area contributed by atoms with Gasteiger partial charge in [0, 0.05) is 32.3 Å². The second-order valence-corrected chi connectivity index (χ2v) is 7.56. The van der Waals surface area contributed by atoms with E-state index in [4.69, 9.17) is 0 Å². The van der Waals surface area contributed by atoms with Crippen molar-refractivity contribution in [2.24, 2.45) is 5.92 Å². The molecule has 1 aromatic heterocycles. The first-order chi connectivity index (χ1) is 13.2. The average Bonchev–Trinajstić information content (AvgIpc) is 3.40. The Balaban J connectivity index is 1.24. The minimum absolute atomic E-state index is 0.0218. The topological polar surface area (TPSA) is 67.2 Å². The van der Waals surface area contributed by atoms with Gasteiger partial charge in [0.05, 0.1) is 12.2 Å². The fourth-order valence-electron chi connectivity index (χ4n) is 3.53. The van der Waals surface area contributed by atoms with Crippen LogP contribution in [0.25, 0.3) is 0 Å². The zero-order chi connectivity index (χ0) is 18.6. The van der Waals surface area contributed by atoms with Crippen molar-refractivity contribution >= 4 is 11.8 Å². The highest BCUT2D eigenvalue weighted by Gasteiger charge is 2.31. The number of amides is 2. The highest BCUT2D eigenvalue weighted by atomic mass is 16.2. The van der Waals surface area contributed by atoms with Gasteiger partial charge in [-0.15, -0.1) is 0 Å². The molecule has 1 fully saturated rings. The van der Waals surface area contributed by atoms with Gasteiger partial charge in [-0.25, -0.2) is 4.98 Å². The van der Waals surface area contributed by atoms with Crippen molar-refractivity contribution < 1.29 is 9.59 Å². The maximum Gasteiger partial charge on any atom is 0.289 e. The van der Waals surface area contributed by atoms with E-state index in [1.807, 2.05) is 33.9 Å². The molecule has 0 bridgehead atoms. The summed E-state index contributed by atoms with van der Waals surface area (Å²) in [6.45, 7) is 2.77. The Morgan fingerprint density at radius 3 is 2.78 bits per heavy atom. The Labute approximate surface area is 159 Å². The average molecular weight is 366 g/mol. The number of rotatable bonds is 8. The minimum atomic E-state index is 0.0218. The van der Waals surface area contributed by atoms with Crippen molar-refractivity contribution in [3.8, 4) is 0 Å². The second kappa shape index (κ2) is 7.94. The number of aryl methyl sites for hydroxylation is 1. The number of carbonyl (C=O) groups is 2. The van der Waals surface area contributed by atoms with Crippen molar-refractivity contribution in [2.75, 3.05) is 13.1 Å². The molecule has 2 heterocycles. The zero-order valence-corrected chi connectivity index (χ0v) is 15.6. The smallest absolute Gasteiger partial charge is 0.289 e. The molecule has 2 aliphatic rings. The normalized spacial score (nSPS) is 16.3. The molecule has 0 atom stereocenters. The summed E-state index contributed by atoms with van der Waals surface area (Å²) in [5, 5.41) is 2.92. The van der Waals surface area contributed by atoms with E-state index in [0.29, 0.717) is 24.7 Å². The Kier molecular flexibility index (Phi) is 5.23. The molecular weight excluding hydrogens is 340 g/mol. The van der Waals surface area contributed by atoms with Crippen LogP contribution in [-0.2, 0) is 24.3 Å². The standard InChI is InChI=1S/C21H26N4O2/c26-19(8-4-7-16-5-2-1-3-6-16)22-13-18-15-24-11-12-25(14-17-9-10-17)21(27)20(24)23-18/h1-3,5-6,15,17H,4,7-14H2,(H,22,26). The molecule has 1 aliphatic carbocycles. The molecule has 1 aliphatic heterocycles. The molecule has 142 valence electrons. The molecule has 0 spiro atoms. The largest absolute Gasteiger partial charge is 0.350 e. The third kappa shape index (κ3) is 4.56. The van der Waals surface area contributed by atoms with Crippen molar-refractivity contribution in [1.29, 1.82) is 0 Å². The molecule has 27 heavy (non-hydrogen) atoms. The maximum atomic E-state index is 12.6. The van der Waals surface area contributed by atoms with Crippen LogP contribution in [0.5, 0.6) is 0 Å². The Hall–Kier alpha value is -2.63. The van der Waals surface area contributed by atoms with Gasteiger partial charge in [0.25, 0.3) is 5.91 Å². The van der Waals surface area contributed by atoms with Gasteiger partial charge in [-0.1, -0.05) is 30.3 Å². The fraction of sp³-hybridized carbons (Fsp3) is 0.476. The highest BCUT2D eigenvalue weighted by molar-refractivity contribution is 5.91. The summed E-state index contributed by atoms with van der Waals surface area (Å²) >= 11 is 0. The highest BCUT2D eigenvalue weighted by Crippen LogP contribution is 2.30. The molecule has 1 saturated carbocycles. The fourth-order valence-corrected chi connectivity index (χ4v) is 3.53. The molecule has 0 unspecified atom stereocenters. The molecule has 4 rings (SSSR count). The van der Waals surface area contributed by atoms with Crippen LogP contribution < -0.4 is 5.32 Å². The first-order valence-corrected chi connectivity index (χ1v) is 9.85. The summed E-state index contributed by atoms with van der Waals surface area (Å²) < 4.78 is 1.92. The molecule has 1 N–H and O–H groups in total.